The predicted octanol–water partition coefficient (Wildman–Crippen LogP) is 0.852. The fourth-order valence-electron chi connectivity index (χ4n) is 0.859. The molecule has 0 radical (unpaired) electrons. The smallest absolute Gasteiger partial charge is 0.211 e. The normalized spacial score (nSPS) is 17.2. The molecule has 0 unspecified atom stereocenters. The second-order valence-electron chi connectivity index (χ2n) is 2.05. The molecule has 2 N–H and O–H groups in total. The third-order valence-corrected chi connectivity index (χ3v) is 1.34. The molecule has 0 aliphatic heterocycles. The second-order valence-corrected chi connectivity index (χ2v) is 2.05. The molecule has 0 aromatic rings. The Labute approximate surface area is 59.0 Å². The minimum absolute atomic E-state index is 0.165. The number of carbonyl (C=O) groups excluding carboxylic acids is 1. The summed E-state index contributed by atoms with van der Waals surface area (Å²) >= 11 is 0. The predicted molar refractivity (Wildman–Crippen MR) is 37.2 cm³/mol. The van der Waals surface area contributed by atoms with Crippen LogP contribution in [0.15, 0.2) is 23.6 Å². The van der Waals surface area contributed by atoms with Gasteiger partial charge in [0.25, 0.3) is 0 Å². The standard InChI is InChI=1S/C7H9NO2/c9-5-8-6-3-1-2-4-7(6)10/h3-5,10H,1-2H2,(H,8,9). The van der Waals surface area contributed by atoms with Crippen molar-refractivity contribution in [3.8, 4) is 0 Å². The van der Waals surface area contributed by atoms with Crippen molar-refractivity contribution < 1.29 is 9.90 Å². The van der Waals surface area contributed by atoms with E-state index >= 15 is 0 Å². The molecule has 0 saturated heterocycles. The molecule has 1 aliphatic rings. The summed E-state index contributed by atoms with van der Waals surface area (Å²) < 4.78 is 0. The quantitative estimate of drug-likeness (QED) is 0.557. The third kappa shape index (κ3) is 1.37. The zero-order valence-electron chi connectivity index (χ0n) is 5.50. The van der Waals surface area contributed by atoms with Gasteiger partial charge in [-0.1, -0.05) is 6.08 Å². The van der Waals surface area contributed by atoms with Gasteiger partial charge in [-0.2, -0.15) is 0 Å². The first-order valence-corrected chi connectivity index (χ1v) is 3.14. The molecule has 1 rings (SSSR count). The van der Waals surface area contributed by atoms with Gasteiger partial charge in [-0.05, 0) is 18.9 Å². The fourth-order valence-corrected chi connectivity index (χ4v) is 0.859. The highest BCUT2D eigenvalue weighted by Gasteiger charge is 2.04. The highest BCUT2D eigenvalue weighted by Crippen LogP contribution is 2.12. The first kappa shape index (κ1) is 6.86. The number of aliphatic hydroxyl groups is 1. The van der Waals surface area contributed by atoms with Crippen LogP contribution in [0.5, 0.6) is 0 Å². The summed E-state index contributed by atoms with van der Waals surface area (Å²) in [6, 6.07) is 0. The van der Waals surface area contributed by atoms with Gasteiger partial charge in [0.15, 0.2) is 0 Å². The van der Waals surface area contributed by atoms with Crippen LogP contribution in [-0.4, -0.2) is 11.5 Å². The van der Waals surface area contributed by atoms with Gasteiger partial charge >= 0.3 is 0 Å². The number of aliphatic hydroxyl groups excluding tert-OH is 1. The van der Waals surface area contributed by atoms with E-state index in [0.29, 0.717) is 12.1 Å². The molecule has 54 valence electrons. The van der Waals surface area contributed by atoms with Crippen LogP contribution in [0.25, 0.3) is 0 Å². The van der Waals surface area contributed by atoms with E-state index in [0.717, 1.165) is 12.8 Å². The average Bonchev–Trinajstić information content (AvgIpc) is 1.94. The van der Waals surface area contributed by atoms with Gasteiger partial charge in [-0.25, -0.2) is 0 Å². The molecule has 1 aliphatic carbocycles. The zero-order valence-corrected chi connectivity index (χ0v) is 5.50. The van der Waals surface area contributed by atoms with Gasteiger partial charge < -0.3 is 10.4 Å². The van der Waals surface area contributed by atoms with Crippen molar-refractivity contribution in [3.63, 3.8) is 0 Å². The van der Waals surface area contributed by atoms with Crippen molar-refractivity contribution >= 4 is 6.41 Å². The summed E-state index contributed by atoms with van der Waals surface area (Å²) in [5.74, 6) is 0.165. The molecular weight excluding hydrogens is 130 g/mol. The summed E-state index contributed by atoms with van der Waals surface area (Å²) in [6.45, 7) is 0. The molecule has 0 bridgehead atoms. The maximum atomic E-state index is 9.93. The highest BCUT2D eigenvalue weighted by atomic mass is 16.3. The Morgan fingerprint density at radius 2 is 2.20 bits per heavy atom. The van der Waals surface area contributed by atoms with E-state index in [1.54, 1.807) is 12.2 Å². The number of amides is 1. The molecule has 3 nitrogen and oxygen atoms in total. The van der Waals surface area contributed by atoms with Crippen LogP contribution in [0, 0.1) is 0 Å². The largest absolute Gasteiger partial charge is 0.506 e. The molecule has 0 fully saturated rings. The Kier molecular flexibility index (Phi) is 2.10. The average molecular weight is 139 g/mol. The summed E-state index contributed by atoms with van der Waals surface area (Å²) in [6.07, 6.45) is 5.76. The van der Waals surface area contributed by atoms with E-state index < -0.39 is 0 Å². The summed E-state index contributed by atoms with van der Waals surface area (Å²) in [7, 11) is 0. The van der Waals surface area contributed by atoms with Crippen LogP contribution < -0.4 is 5.32 Å². The van der Waals surface area contributed by atoms with Gasteiger partial charge in [0.1, 0.15) is 5.76 Å². The van der Waals surface area contributed by atoms with Crippen LogP contribution in [0.2, 0.25) is 0 Å². The number of hydrogen-bond acceptors (Lipinski definition) is 2. The summed E-state index contributed by atoms with van der Waals surface area (Å²) in [5.41, 5.74) is 0.515. The molecule has 3 heteroatoms. The number of rotatable bonds is 2. The SMILES string of the molecule is O=CNC1=CCCC=C1O. The van der Waals surface area contributed by atoms with Crippen molar-refractivity contribution in [2.45, 2.75) is 12.8 Å². The van der Waals surface area contributed by atoms with Crippen molar-refractivity contribution in [1.29, 1.82) is 0 Å². The Hall–Kier alpha value is -1.25. The van der Waals surface area contributed by atoms with E-state index in [2.05, 4.69) is 5.32 Å². The third-order valence-electron chi connectivity index (χ3n) is 1.34. The molecule has 0 spiro atoms. The van der Waals surface area contributed by atoms with E-state index in [-0.39, 0.29) is 5.76 Å². The number of allylic oxidation sites excluding steroid dienone is 2. The molecule has 0 aromatic carbocycles. The van der Waals surface area contributed by atoms with Crippen molar-refractivity contribution in [3.05, 3.63) is 23.6 Å². The Morgan fingerprint density at radius 3 is 2.80 bits per heavy atom. The van der Waals surface area contributed by atoms with Crippen LogP contribution in [0.1, 0.15) is 12.8 Å². The van der Waals surface area contributed by atoms with Crippen LogP contribution in [0.3, 0.4) is 0 Å². The van der Waals surface area contributed by atoms with Gasteiger partial charge in [0.2, 0.25) is 6.41 Å². The molecule has 1 amide bonds. The lowest BCUT2D eigenvalue weighted by Crippen LogP contribution is -2.13. The maximum absolute atomic E-state index is 9.93. The number of carbonyl (C=O) groups is 1. The van der Waals surface area contributed by atoms with Crippen LogP contribution in [-0.2, 0) is 4.79 Å². The highest BCUT2D eigenvalue weighted by molar-refractivity contribution is 5.53. The van der Waals surface area contributed by atoms with E-state index in [9.17, 15) is 4.79 Å². The molecule has 0 heterocycles. The number of nitrogens with one attached hydrogen (secondary N) is 1. The fraction of sp³-hybridized carbons (Fsp3) is 0.286. The lowest BCUT2D eigenvalue weighted by molar-refractivity contribution is -0.109. The van der Waals surface area contributed by atoms with Gasteiger partial charge in [-0.3, -0.25) is 4.79 Å². The lowest BCUT2D eigenvalue weighted by atomic mass is 10.1. The maximum Gasteiger partial charge on any atom is 0.211 e. The molecule has 0 saturated carbocycles. The van der Waals surface area contributed by atoms with Gasteiger partial charge in [0.05, 0.1) is 5.70 Å². The monoisotopic (exact) mass is 139 g/mol. The van der Waals surface area contributed by atoms with Crippen molar-refractivity contribution in [2.75, 3.05) is 0 Å². The van der Waals surface area contributed by atoms with Gasteiger partial charge in [0, 0.05) is 0 Å². The second kappa shape index (κ2) is 3.06. The van der Waals surface area contributed by atoms with Crippen molar-refractivity contribution in [1.82, 2.24) is 5.32 Å². The Morgan fingerprint density at radius 1 is 1.50 bits per heavy atom. The molecule has 0 atom stereocenters. The summed E-state index contributed by atoms with van der Waals surface area (Å²) in [5, 5.41) is 11.5. The van der Waals surface area contributed by atoms with Crippen LogP contribution >= 0.6 is 0 Å². The van der Waals surface area contributed by atoms with Crippen LogP contribution in [0.4, 0.5) is 0 Å². The molecule has 10 heavy (non-hydrogen) atoms. The molecular formula is C7H9NO2. The first-order chi connectivity index (χ1) is 4.84. The van der Waals surface area contributed by atoms with E-state index in [1.807, 2.05) is 0 Å². The minimum atomic E-state index is 0.165. The van der Waals surface area contributed by atoms with E-state index in [1.165, 1.54) is 0 Å². The van der Waals surface area contributed by atoms with Gasteiger partial charge in [-0.15, -0.1) is 0 Å². The zero-order chi connectivity index (χ0) is 7.40. The minimum Gasteiger partial charge on any atom is -0.506 e. The summed E-state index contributed by atoms with van der Waals surface area (Å²) in [4.78, 5) is 9.93. The molecule has 0 aromatic heterocycles. The Balaban J connectivity index is 2.64. The van der Waals surface area contributed by atoms with Crippen molar-refractivity contribution in [2.24, 2.45) is 0 Å². The number of hydrogen-bond donors (Lipinski definition) is 2. The lowest BCUT2D eigenvalue weighted by Gasteiger charge is -2.08. The topological polar surface area (TPSA) is 49.3 Å². The Bertz CT molecular complexity index is 194. The van der Waals surface area contributed by atoms with E-state index in [4.69, 9.17) is 5.11 Å². The first-order valence-electron chi connectivity index (χ1n) is 3.14.